The molecule has 1 saturated heterocycles. The van der Waals surface area contributed by atoms with Gasteiger partial charge in [0, 0.05) is 18.9 Å². The Labute approximate surface area is 147 Å². The topological polar surface area (TPSA) is 96.2 Å². The zero-order valence-electron chi connectivity index (χ0n) is 13.8. The first kappa shape index (κ1) is 17.3. The van der Waals surface area contributed by atoms with Crippen LogP contribution in [0.4, 0.5) is 0 Å². The Kier molecular flexibility index (Phi) is 4.97. The van der Waals surface area contributed by atoms with Crippen LogP contribution in [0.3, 0.4) is 0 Å². The Morgan fingerprint density at radius 1 is 1.24 bits per heavy atom. The van der Waals surface area contributed by atoms with E-state index in [1.165, 1.54) is 16.7 Å². The highest BCUT2D eigenvalue weighted by atomic mass is 32.2. The maximum absolute atomic E-state index is 12.8. The highest BCUT2D eigenvalue weighted by molar-refractivity contribution is 7.89. The summed E-state index contributed by atoms with van der Waals surface area (Å²) in [4.78, 5) is 8.20. The van der Waals surface area contributed by atoms with E-state index in [2.05, 4.69) is 9.97 Å². The molecule has 1 aromatic heterocycles. The molecule has 1 aromatic carbocycles. The Bertz CT molecular complexity index is 891. The summed E-state index contributed by atoms with van der Waals surface area (Å²) in [6, 6.07) is 8.72. The van der Waals surface area contributed by atoms with Gasteiger partial charge in [-0.1, -0.05) is 17.7 Å². The number of hydrogen-bond donors (Lipinski definition) is 0. The minimum atomic E-state index is -3.57. The number of nitrogens with zero attached hydrogens (tertiary/aromatic N) is 4. The van der Waals surface area contributed by atoms with Gasteiger partial charge in [0.25, 0.3) is 5.88 Å². The molecule has 0 N–H and O–H groups in total. The van der Waals surface area contributed by atoms with Crippen LogP contribution in [-0.4, -0.2) is 41.9 Å². The molecule has 8 heteroatoms. The van der Waals surface area contributed by atoms with E-state index in [4.69, 9.17) is 10.00 Å². The van der Waals surface area contributed by atoms with Crippen molar-refractivity contribution in [2.45, 2.75) is 30.8 Å². The van der Waals surface area contributed by atoms with Crippen molar-refractivity contribution in [2.75, 3.05) is 13.1 Å². The van der Waals surface area contributed by atoms with Crippen molar-refractivity contribution in [3.63, 3.8) is 0 Å². The van der Waals surface area contributed by atoms with Crippen LogP contribution in [-0.2, 0) is 10.0 Å². The Balaban J connectivity index is 1.77. The molecular weight excluding hydrogens is 340 g/mol. The number of ether oxygens (including phenoxy) is 1. The summed E-state index contributed by atoms with van der Waals surface area (Å²) in [7, 11) is -3.57. The Hall–Kier alpha value is -2.50. The lowest BCUT2D eigenvalue weighted by molar-refractivity contribution is 0.124. The lowest BCUT2D eigenvalue weighted by Crippen LogP contribution is -2.44. The molecule has 7 nitrogen and oxygen atoms in total. The predicted octanol–water partition coefficient (Wildman–Crippen LogP) is 1.89. The standard InChI is InChI=1S/C17H18N4O3S/c1-13-4-6-15(7-5-13)25(22,23)21-10-2-3-14(12-21)24-17-16(11-18)19-8-9-20-17/h4-9,14H,2-3,10,12H2,1H3/t14-/m1/s1. The predicted molar refractivity (Wildman–Crippen MR) is 90.3 cm³/mol. The number of hydrogen-bond acceptors (Lipinski definition) is 6. The summed E-state index contributed by atoms with van der Waals surface area (Å²) in [5, 5.41) is 9.06. The van der Waals surface area contributed by atoms with Crippen molar-refractivity contribution in [1.29, 1.82) is 5.26 Å². The van der Waals surface area contributed by atoms with E-state index in [0.29, 0.717) is 19.4 Å². The van der Waals surface area contributed by atoms with E-state index in [-0.39, 0.29) is 29.1 Å². The van der Waals surface area contributed by atoms with Crippen LogP contribution in [0.5, 0.6) is 5.88 Å². The number of aryl methyl sites for hydroxylation is 1. The van der Waals surface area contributed by atoms with Gasteiger partial charge in [0.15, 0.2) is 0 Å². The van der Waals surface area contributed by atoms with Crippen LogP contribution in [0.2, 0.25) is 0 Å². The van der Waals surface area contributed by atoms with Gasteiger partial charge in [0.05, 0.1) is 11.4 Å². The van der Waals surface area contributed by atoms with Crippen molar-refractivity contribution >= 4 is 10.0 Å². The molecule has 0 unspecified atom stereocenters. The Morgan fingerprint density at radius 3 is 2.68 bits per heavy atom. The van der Waals surface area contributed by atoms with Gasteiger partial charge in [0.2, 0.25) is 15.7 Å². The molecule has 0 bridgehead atoms. The second-order valence-corrected chi connectivity index (χ2v) is 7.82. The molecule has 1 aliphatic heterocycles. The summed E-state index contributed by atoms with van der Waals surface area (Å²) in [6.07, 6.45) is 3.87. The average molecular weight is 358 g/mol. The van der Waals surface area contributed by atoms with Gasteiger partial charge < -0.3 is 4.74 Å². The first-order valence-electron chi connectivity index (χ1n) is 7.95. The quantitative estimate of drug-likeness (QED) is 0.828. The molecule has 130 valence electrons. The third kappa shape index (κ3) is 3.78. The van der Waals surface area contributed by atoms with Gasteiger partial charge >= 0.3 is 0 Å². The molecule has 2 heterocycles. The van der Waals surface area contributed by atoms with E-state index < -0.39 is 10.0 Å². The normalized spacial score (nSPS) is 18.5. The number of benzene rings is 1. The highest BCUT2D eigenvalue weighted by Crippen LogP contribution is 2.24. The molecule has 2 aromatic rings. The Morgan fingerprint density at radius 2 is 1.96 bits per heavy atom. The number of nitriles is 1. The largest absolute Gasteiger partial charge is 0.471 e. The third-order valence-corrected chi connectivity index (χ3v) is 5.93. The van der Waals surface area contributed by atoms with E-state index in [1.807, 2.05) is 13.0 Å². The maximum Gasteiger partial charge on any atom is 0.251 e. The molecule has 3 rings (SSSR count). The highest BCUT2D eigenvalue weighted by Gasteiger charge is 2.31. The van der Waals surface area contributed by atoms with Gasteiger partial charge in [-0.05, 0) is 31.9 Å². The SMILES string of the molecule is Cc1ccc(S(=O)(=O)N2CCC[C@@H](Oc3nccnc3C#N)C2)cc1. The third-order valence-electron chi connectivity index (χ3n) is 4.05. The average Bonchev–Trinajstić information content (AvgIpc) is 2.63. The molecule has 0 spiro atoms. The fourth-order valence-electron chi connectivity index (χ4n) is 2.72. The molecule has 0 saturated carbocycles. The molecule has 0 aliphatic carbocycles. The fourth-order valence-corrected chi connectivity index (χ4v) is 4.24. The van der Waals surface area contributed by atoms with E-state index >= 15 is 0 Å². The molecule has 1 atom stereocenters. The van der Waals surface area contributed by atoms with Crippen LogP contribution in [0.1, 0.15) is 24.1 Å². The molecule has 1 fully saturated rings. The lowest BCUT2D eigenvalue weighted by Gasteiger charge is -2.31. The fraction of sp³-hybridized carbons (Fsp3) is 0.353. The van der Waals surface area contributed by atoms with Gasteiger partial charge in [-0.3, -0.25) is 0 Å². The number of rotatable bonds is 4. The van der Waals surface area contributed by atoms with E-state index in [9.17, 15) is 8.42 Å². The zero-order valence-corrected chi connectivity index (χ0v) is 14.6. The summed E-state index contributed by atoms with van der Waals surface area (Å²) in [5.41, 5.74) is 1.10. The molecule has 0 amide bonds. The van der Waals surface area contributed by atoms with Crippen LogP contribution >= 0.6 is 0 Å². The maximum atomic E-state index is 12.8. The van der Waals surface area contributed by atoms with Crippen molar-refractivity contribution in [3.8, 4) is 11.9 Å². The smallest absolute Gasteiger partial charge is 0.251 e. The minimum absolute atomic E-state index is 0.0982. The van der Waals surface area contributed by atoms with Crippen LogP contribution in [0.25, 0.3) is 0 Å². The summed E-state index contributed by atoms with van der Waals surface area (Å²) >= 11 is 0. The first-order chi connectivity index (χ1) is 12.0. The summed E-state index contributed by atoms with van der Waals surface area (Å²) in [5.74, 6) is 0.143. The molecular formula is C17H18N4O3S. The number of sulfonamides is 1. The van der Waals surface area contributed by atoms with E-state index in [1.54, 1.807) is 24.3 Å². The second kappa shape index (κ2) is 7.17. The van der Waals surface area contributed by atoms with Crippen molar-refractivity contribution in [3.05, 3.63) is 47.9 Å². The first-order valence-corrected chi connectivity index (χ1v) is 9.39. The number of piperidine rings is 1. The minimum Gasteiger partial charge on any atom is -0.471 e. The molecule has 25 heavy (non-hydrogen) atoms. The van der Waals surface area contributed by atoms with Crippen LogP contribution < -0.4 is 4.74 Å². The zero-order chi connectivity index (χ0) is 17.9. The van der Waals surface area contributed by atoms with E-state index in [0.717, 1.165) is 5.56 Å². The lowest BCUT2D eigenvalue weighted by atomic mass is 10.1. The van der Waals surface area contributed by atoms with Crippen molar-refractivity contribution < 1.29 is 13.2 Å². The van der Waals surface area contributed by atoms with Crippen molar-refractivity contribution in [1.82, 2.24) is 14.3 Å². The molecule has 1 aliphatic rings. The van der Waals surface area contributed by atoms with Gasteiger partial charge in [0.1, 0.15) is 12.2 Å². The van der Waals surface area contributed by atoms with Gasteiger partial charge in [-0.25, -0.2) is 18.4 Å². The monoisotopic (exact) mass is 358 g/mol. The van der Waals surface area contributed by atoms with Crippen molar-refractivity contribution in [2.24, 2.45) is 0 Å². The van der Waals surface area contributed by atoms with Crippen LogP contribution in [0.15, 0.2) is 41.6 Å². The van der Waals surface area contributed by atoms with Gasteiger partial charge in [-0.2, -0.15) is 9.57 Å². The molecule has 0 radical (unpaired) electrons. The van der Waals surface area contributed by atoms with Crippen LogP contribution in [0, 0.1) is 18.3 Å². The summed E-state index contributed by atoms with van der Waals surface area (Å²) < 4.78 is 32.8. The summed E-state index contributed by atoms with van der Waals surface area (Å²) in [6.45, 7) is 2.58. The second-order valence-electron chi connectivity index (χ2n) is 5.88. The van der Waals surface area contributed by atoms with Gasteiger partial charge in [-0.15, -0.1) is 0 Å². The number of aromatic nitrogens is 2.